The first-order valence-corrected chi connectivity index (χ1v) is 28.0. The van der Waals surface area contributed by atoms with Crippen molar-refractivity contribution in [1.82, 2.24) is 9.13 Å². The summed E-state index contributed by atoms with van der Waals surface area (Å²) in [6.45, 7) is 0. The van der Waals surface area contributed by atoms with Crippen LogP contribution in [0.2, 0.25) is 0 Å². The number of aromatic nitrogens is 2. The second-order valence-corrected chi connectivity index (χ2v) is 22.4. The number of rotatable bonds is 4. The van der Waals surface area contributed by atoms with E-state index < -0.39 is 0 Å². The molecule has 12 aromatic carbocycles. The van der Waals surface area contributed by atoms with Crippen LogP contribution in [0.25, 0.3) is 161 Å². The van der Waals surface area contributed by atoms with Gasteiger partial charge < -0.3 is 18.0 Å². The molecule has 6 heterocycles. The molecule has 0 N–H and O–H groups in total. The highest BCUT2D eigenvalue weighted by Crippen LogP contribution is 2.47. The van der Waals surface area contributed by atoms with Crippen LogP contribution in [0.15, 0.2) is 264 Å². The van der Waals surface area contributed by atoms with E-state index in [0.29, 0.717) is 0 Å². The molecule has 18 rings (SSSR count). The quantitative estimate of drug-likeness (QED) is 0.176. The van der Waals surface area contributed by atoms with E-state index in [1.807, 2.05) is 22.7 Å². The highest BCUT2D eigenvalue weighted by Gasteiger charge is 2.23. The smallest absolute Gasteiger partial charge is 0.161 e. The SMILES string of the molecule is c1ccc(-n2c3ccccc3c3oc4ccc(-c5ccc6c(c5)sc5ccc7ccccc7c56)cc4c32)cc1.c1ccc(-n2c3ccccc3c3oc4cccc(-c5ccc6c(c5)sc5ccc7ccccc7c56)c4c32)cc1. The largest absolute Gasteiger partial charge is 0.454 e. The van der Waals surface area contributed by atoms with E-state index in [2.05, 4.69) is 264 Å². The molecule has 78 heavy (non-hydrogen) atoms. The molecule has 4 nitrogen and oxygen atoms in total. The van der Waals surface area contributed by atoms with Gasteiger partial charge in [-0.25, -0.2) is 0 Å². The Labute approximate surface area is 454 Å². The van der Waals surface area contributed by atoms with Crippen LogP contribution in [-0.2, 0) is 0 Å². The summed E-state index contributed by atoms with van der Waals surface area (Å²) in [5.41, 5.74) is 15.3. The fraction of sp³-hybridized carbons (Fsp3) is 0. The Morgan fingerprint density at radius 1 is 0.282 bits per heavy atom. The van der Waals surface area contributed by atoms with E-state index in [-0.39, 0.29) is 0 Å². The second kappa shape index (κ2) is 16.9. The van der Waals surface area contributed by atoms with Gasteiger partial charge in [-0.1, -0.05) is 164 Å². The summed E-state index contributed by atoms with van der Waals surface area (Å²) >= 11 is 3.74. The Balaban J connectivity index is 0.000000126. The molecule has 0 bridgehead atoms. The maximum Gasteiger partial charge on any atom is 0.161 e. The van der Waals surface area contributed by atoms with E-state index in [1.165, 1.54) is 84.1 Å². The Morgan fingerprint density at radius 3 is 1.40 bits per heavy atom. The van der Waals surface area contributed by atoms with Gasteiger partial charge in [-0.3, -0.25) is 0 Å². The van der Waals surface area contributed by atoms with Crippen molar-refractivity contribution >= 4 is 151 Å². The first kappa shape index (κ1) is 43.5. The van der Waals surface area contributed by atoms with Crippen LogP contribution in [0.1, 0.15) is 0 Å². The van der Waals surface area contributed by atoms with Gasteiger partial charge in [0.05, 0.1) is 16.4 Å². The first-order chi connectivity index (χ1) is 38.7. The van der Waals surface area contributed by atoms with Crippen LogP contribution in [0.4, 0.5) is 0 Å². The summed E-state index contributed by atoms with van der Waals surface area (Å²) in [4.78, 5) is 0. The highest BCUT2D eigenvalue weighted by molar-refractivity contribution is 7.26. The van der Waals surface area contributed by atoms with E-state index in [9.17, 15) is 0 Å². The fourth-order valence-electron chi connectivity index (χ4n) is 12.5. The number of nitrogens with zero attached hydrogens (tertiary/aromatic N) is 2. The molecule has 0 saturated heterocycles. The molecular weight excluding hydrogens is 989 g/mol. The number of hydrogen-bond donors (Lipinski definition) is 0. The summed E-state index contributed by atoms with van der Waals surface area (Å²) in [6, 6.07) is 91.4. The van der Waals surface area contributed by atoms with Gasteiger partial charge >= 0.3 is 0 Å². The standard InChI is InChI=1S/2C36H21NOS/c1-2-10-24(11-3-1)37-29-15-7-6-13-27(29)36-35(37)34-26(14-8-16-30(34)38-36)23-17-19-28-32(21-23)39-31-20-18-22-9-4-5-12-25(22)33(28)31;1-2-9-25(10-3-1)37-30-13-7-6-12-27(30)36-35(37)29-20-23(15-18-31(29)38-36)24-14-17-28-33(21-24)39-32-19-16-22-8-4-5-11-26(22)34(28)32/h2*1-21H. The van der Waals surface area contributed by atoms with Crippen molar-refractivity contribution in [3.05, 3.63) is 255 Å². The van der Waals surface area contributed by atoms with Crippen LogP contribution in [0.5, 0.6) is 0 Å². The molecule has 0 atom stereocenters. The molecule has 0 aliphatic rings. The van der Waals surface area contributed by atoms with Crippen LogP contribution < -0.4 is 0 Å². The minimum Gasteiger partial charge on any atom is -0.454 e. The summed E-state index contributed by atoms with van der Waals surface area (Å²) < 4.78 is 23.1. The first-order valence-electron chi connectivity index (χ1n) is 26.4. The third-order valence-electron chi connectivity index (χ3n) is 16.0. The minimum absolute atomic E-state index is 0.911. The molecule has 0 spiro atoms. The molecule has 18 aromatic rings. The predicted octanol–water partition coefficient (Wildman–Crippen LogP) is 21.4. The highest BCUT2D eigenvalue weighted by atomic mass is 32.1. The molecule has 0 fully saturated rings. The number of para-hydroxylation sites is 4. The number of benzene rings is 12. The van der Waals surface area contributed by atoms with Crippen molar-refractivity contribution in [1.29, 1.82) is 0 Å². The summed E-state index contributed by atoms with van der Waals surface area (Å²) in [5, 5.41) is 15.1. The summed E-state index contributed by atoms with van der Waals surface area (Å²) in [7, 11) is 0. The van der Waals surface area contributed by atoms with Crippen LogP contribution >= 0.6 is 22.7 Å². The Hall–Kier alpha value is -9.72. The molecule has 0 saturated carbocycles. The van der Waals surface area contributed by atoms with Gasteiger partial charge in [-0.05, 0) is 135 Å². The lowest BCUT2D eigenvalue weighted by Gasteiger charge is -2.09. The van der Waals surface area contributed by atoms with E-state index >= 15 is 0 Å². The molecule has 0 unspecified atom stereocenters. The zero-order valence-corrected chi connectivity index (χ0v) is 43.4. The predicted molar refractivity (Wildman–Crippen MR) is 333 cm³/mol. The topological polar surface area (TPSA) is 36.1 Å². The van der Waals surface area contributed by atoms with Crippen molar-refractivity contribution < 1.29 is 8.83 Å². The van der Waals surface area contributed by atoms with Gasteiger partial charge in [-0.15, -0.1) is 22.7 Å². The number of furan rings is 2. The fourth-order valence-corrected chi connectivity index (χ4v) is 14.9. The molecule has 0 aliphatic heterocycles. The van der Waals surface area contributed by atoms with Gasteiger partial charge in [0.25, 0.3) is 0 Å². The molecule has 6 aromatic heterocycles. The average Bonchev–Trinajstić information content (AvgIpc) is 4.48. The maximum atomic E-state index is 6.60. The average molecular weight is 1030 g/mol. The van der Waals surface area contributed by atoms with E-state index in [0.717, 1.165) is 77.3 Å². The van der Waals surface area contributed by atoms with Crippen LogP contribution in [-0.4, -0.2) is 9.13 Å². The van der Waals surface area contributed by atoms with Crippen molar-refractivity contribution in [2.75, 3.05) is 0 Å². The third kappa shape index (κ3) is 6.45. The molecular formula is C72H42N2O2S2. The second-order valence-electron chi connectivity index (χ2n) is 20.3. The number of hydrogen-bond acceptors (Lipinski definition) is 4. The molecule has 364 valence electrons. The summed E-state index contributed by atoms with van der Waals surface area (Å²) in [6.07, 6.45) is 0. The van der Waals surface area contributed by atoms with Gasteiger partial charge in [0.1, 0.15) is 22.2 Å². The molecule has 6 heteroatoms. The van der Waals surface area contributed by atoms with Crippen molar-refractivity contribution in [2.24, 2.45) is 0 Å². The Kier molecular flexibility index (Phi) is 9.42. The Bertz CT molecular complexity index is 5460. The molecule has 0 amide bonds. The number of thiophene rings is 2. The normalized spacial score (nSPS) is 12.1. The lowest BCUT2D eigenvalue weighted by molar-refractivity contribution is 0.672. The van der Waals surface area contributed by atoms with Crippen molar-refractivity contribution in [3.8, 4) is 33.6 Å². The zero-order chi connectivity index (χ0) is 51.0. The van der Waals surface area contributed by atoms with Gasteiger partial charge in [0.2, 0.25) is 0 Å². The molecule has 0 aliphatic carbocycles. The minimum atomic E-state index is 0.911. The van der Waals surface area contributed by atoms with Crippen molar-refractivity contribution in [2.45, 2.75) is 0 Å². The van der Waals surface area contributed by atoms with Crippen LogP contribution in [0.3, 0.4) is 0 Å². The Morgan fingerprint density at radius 2 is 0.769 bits per heavy atom. The van der Waals surface area contributed by atoms with Gasteiger partial charge in [0, 0.05) is 67.9 Å². The lowest BCUT2D eigenvalue weighted by atomic mass is 9.98. The van der Waals surface area contributed by atoms with Gasteiger partial charge in [-0.2, -0.15) is 0 Å². The van der Waals surface area contributed by atoms with E-state index in [1.54, 1.807) is 0 Å². The monoisotopic (exact) mass is 1030 g/mol. The lowest BCUT2D eigenvalue weighted by Crippen LogP contribution is -1.93. The number of fused-ring (bicyclic) bond motifs is 20. The van der Waals surface area contributed by atoms with Gasteiger partial charge in [0.15, 0.2) is 11.2 Å². The third-order valence-corrected chi connectivity index (χ3v) is 18.2. The summed E-state index contributed by atoms with van der Waals surface area (Å²) in [5.74, 6) is 0. The van der Waals surface area contributed by atoms with E-state index in [4.69, 9.17) is 8.83 Å². The zero-order valence-electron chi connectivity index (χ0n) is 41.8. The maximum absolute atomic E-state index is 6.60. The van der Waals surface area contributed by atoms with Crippen LogP contribution in [0, 0.1) is 0 Å². The molecule has 0 radical (unpaired) electrons. The van der Waals surface area contributed by atoms with Crippen molar-refractivity contribution in [3.63, 3.8) is 0 Å².